The number of nitrogens with zero attached hydrogens (tertiary/aromatic N) is 2. The molecule has 0 spiro atoms. The maximum atomic E-state index is 14.4. The smallest absolute Gasteiger partial charge is 0.325 e. The lowest BCUT2D eigenvalue weighted by molar-refractivity contribution is -0.190. The molecule has 0 N–H and O–H groups in total. The summed E-state index contributed by atoms with van der Waals surface area (Å²) in [5, 5.41) is 0. The van der Waals surface area contributed by atoms with E-state index in [1.54, 1.807) is 29.2 Å². The average molecular weight is 366 g/mol. The Hall–Kier alpha value is -1.45. The van der Waals surface area contributed by atoms with Crippen molar-refractivity contribution in [2.24, 2.45) is 0 Å². The van der Waals surface area contributed by atoms with Gasteiger partial charge in [0.1, 0.15) is 24.1 Å². The Morgan fingerprint density at radius 2 is 1.92 bits per heavy atom. The highest BCUT2D eigenvalue weighted by atomic mass is 19.3. The van der Waals surface area contributed by atoms with Crippen LogP contribution >= 0.6 is 0 Å². The summed E-state index contributed by atoms with van der Waals surface area (Å²) in [5.74, 6) is -3.79. The van der Waals surface area contributed by atoms with E-state index in [1.165, 1.54) is 14.2 Å². The summed E-state index contributed by atoms with van der Waals surface area (Å²) in [7, 11) is 2.76. The molecule has 0 bridgehead atoms. The zero-order valence-corrected chi connectivity index (χ0v) is 13.7. The number of halogens is 5. The number of alkyl halides is 5. The van der Waals surface area contributed by atoms with Crippen LogP contribution in [0.15, 0.2) is 24.3 Å². The van der Waals surface area contributed by atoms with Crippen molar-refractivity contribution >= 4 is 0 Å². The molecule has 3 rings (SSSR count). The fourth-order valence-corrected chi connectivity index (χ4v) is 3.26. The first-order valence-corrected chi connectivity index (χ1v) is 7.78. The summed E-state index contributed by atoms with van der Waals surface area (Å²) in [6.45, 7) is 0.204. The largest absolute Gasteiger partial charge is 0.497 e. The Balaban J connectivity index is 1.76. The van der Waals surface area contributed by atoms with Gasteiger partial charge in [0.15, 0.2) is 6.17 Å². The molecule has 9 heteroatoms. The van der Waals surface area contributed by atoms with Crippen molar-refractivity contribution in [1.29, 1.82) is 0 Å². The van der Waals surface area contributed by atoms with Gasteiger partial charge in [-0.05, 0) is 24.7 Å². The first-order valence-electron chi connectivity index (χ1n) is 7.78. The SMILES string of the molecule is COc1ccc(CN2CN(C)C(C(F)(F)C(F)F)C(F)C3OC32)cc1. The number of hydrogen-bond acceptors (Lipinski definition) is 4. The Morgan fingerprint density at radius 3 is 2.48 bits per heavy atom. The van der Waals surface area contributed by atoms with Gasteiger partial charge in [-0.25, -0.2) is 13.2 Å². The molecule has 0 saturated carbocycles. The van der Waals surface area contributed by atoms with Crippen molar-refractivity contribution < 1.29 is 31.4 Å². The zero-order chi connectivity index (χ0) is 18.4. The van der Waals surface area contributed by atoms with E-state index in [-0.39, 0.29) is 6.67 Å². The van der Waals surface area contributed by atoms with E-state index in [1.807, 2.05) is 0 Å². The van der Waals surface area contributed by atoms with Crippen LogP contribution in [0, 0.1) is 0 Å². The van der Waals surface area contributed by atoms with Crippen molar-refractivity contribution in [3.63, 3.8) is 0 Å². The van der Waals surface area contributed by atoms with Crippen molar-refractivity contribution in [2.45, 2.75) is 43.4 Å². The highest BCUT2D eigenvalue weighted by Crippen LogP contribution is 2.43. The molecule has 0 aliphatic carbocycles. The third-order valence-corrected chi connectivity index (χ3v) is 4.59. The fraction of sp³-hybridized carbons (Fsp3) is 0.625. The Kier molecular flexibility index (Phi) is 4.91. The normalized spacial score (nSPS) is 30.9. The summed E-state index contributed by atoms with van der Waals surface area (Å²) in [6, 6.07) is 4.84. The number of epoxide rings is 1. The van der Waals surface area contributed by atoms with Gasteiger partial charge in [-0.2, -0.15) is 8.78 Å². The highest BCUT2D eigenvalue weighted by Gasteiger charge is 2.63. The van der Waals surface area contributed by atoms with Crippen molar-refractivity contribution in [1.82, 2.24) is 9.80 Å². The monoisotopic (exact) mass is 366 g/mol. The van der Waals surface area contributed by atoms with Crippen molar-refractivity contribution in [3.8, 4) is 5.75 Å². The van der Waals surface area contributed by atoms with E-state index in [9.17, 15) is 22.0 Å². The molecule has 0 aromatic heterocycles. The molecule has 2 aliphatic rings. The van der Waals surface area contributed by atoms with E-state index >= 15 is 0 Å². The molecule has 25 heavy (non-hydrogen) atoms. The van der Waals surface area contributed by atoms with Crippen LogP contribution in [-0.2, 0) is 11.3 Å². The number of methoxy groups -OCH3 is 1. The van der Waals surface area contributed by atoms with Crippen LogP contribution in [0.1, 0.15) is 5.56 Å². The second-order valence-corrected chi connectivity index (χ2v) is 6.35. The first kappa shape index (κ1) is 18.3. The van der Waals surface area contributed by atoms with E-state index < -0.39 is 36.9 Å². The molecule has 4 nitrogen and oxygen atoms in total. The van der Waals surface area contributed by atoms with E-state index in [2.05, 4.69) is 0 Å². The maximum Gasteiger partial charge on any atom is 0.325 e. The molecule has 1 aromatic rings. The van der Waals surface area contributed by atoms with Crippen LogP contribution < -0.4 is 4.74 Å². The molecule has 2 saturated heterocycles. The summed E-state index contributed by atoms with van der Waals surface area (Å²) in [5.41, 5.74) is 0.845. The Morgan fingerprint density at radius 1 is 1.28 bits per heavy atom. The maximum absolute atomic E-state index is 14.4. The van der Waals surface area contributed by atoms with Gasteiger partial charge in [0.05, 0.1) is 13.8 Å². The van der Waals surface area contributed by atoms with Crippen LogP contribution in [-0.4, -0.2) is 67.5 Å². The lowest BCUT2D eigenvalue weighted by atomic mass is 10.0. The number of ether oxygens (including phenoxy) is 2. The molecule has 0 amide bonds. The lowest BCUT2D eigenvalue weighted by Crippen LogP contribution is -2.56. The first-order chi connectivity index (χ1) is 11.8. The molecule has 4 atom stereocenters. The van der Waals surface area contributed by atoms with E-state index in [0.29, 0.717) is 12.3 Å². The summed E-state index contributed by atoms with van der Waals surface area (Å²) in [6.07, 6.45) is -7.96. The fourth-order valence-electron chi connectivity index (χ4n) is 3.26. The predicted octanol–water partition coefficient (Wildman–Crippen LogP) is 2.73. The highest BCUT2D eigenvalue weighted by molar-refractivity contribution is 5.27. The number of rotatable bonds is 5. The minimum Gasteiger partial charge on any atom is -0.497 e. The van der Waals surface area contributed by atoms with Gasteiger partial charge in [0, 0.05) is 6.54 Å². The Labute approximate surface area is 142 Å². The minimum atomic E-state index is -4.46. The van der Waals surface area contributed by atoms with Crippen molar-refractivity contribution in [3.05, 3.63) is 29.8 Å². The molecule has 1 aromatic carbocycles. The molecule has 140 valence electrons. The van der Waals surface area contributed by atoms with Gasteiger partial charge in [0.2, 0.25) is 0 Å². The second kappa shape index (κ2) is 6.69. The standard InChI is InChI=1S/C16H19F5N2O2/c1-22-8-23(7-9-3-5-10(24-2)6-4-9)14-12(25-14)11(17)13(22)16(20,21)15(18)19/h3-6,11-15H,7-8H2,1-2H3. The minimum absolute atomic E-state index is 0.111. The summed E-state index contributed by atoms with van der Waals surface area (Å²) >= 11 is 0. The number of benzene rings is 1. The van der Waals surface area contributed by atoms with Crippen LogP contribution in [0.5, 0.6) is 5.75 Å². The third-order valence-electron chi connectivity index (χ3n) is 4.59. The summed E-state index contributed by atoms with van der Waals surface area (Å²) < 4.78 is 77.8. The van der Waals surface area contributed by atoms with Gasteiger partial charge in [-0.15, -0.1) is 0 Å². The molecular formula is C16H19F5N2O2. The van der Waals surface area contributed by atoms with Crippen LogP contribution in [0.25, 0.3) is 0 Å². The van der Waals surface area contributed by atoms with Gasteiger partial charge < -0.3 is 9.47 Å². The topological polar surface area (TPSA) is 28.2 Å². The second-order valence-electron chi connectivity index (χ2n) is 6.35. The molecule has 2 aliphatic heterocycles. The van der Waals surface area contributed by atoms with Gasteiger partial charge in [-0.1, -0.05) is 12.1 Å². The molecule has 4 unspecified atom stereocenters. The number of fused-ring (bicyclic) bond motifs is 1. The average Bonchev–Trinajstić information content (AvgIpc) is 3.35. The van der Waals surface area contributed by atoms with Crippen LogP contribution in [0.4, 0.5) is 22.0 Å². The van der Waals surface area contributed by atoms with Gasteiger partial charge in [-0.3, -0.25) is 9.80 Å². The zero-order valence-electron chi connectivity index (χ0n) is 13.7. The Bertz CT molecular complexity index is 601. The van der Waals surface area contributed by atoms with Gasteiger partial charge >= 0.3 is 12.3 Å². The molecule has 2 fully saturated rings. The molecule has 0 radical (unpaired) electrons. The molecule has 2 heterocycles. The lowest BCUT2D eigenvalue weighted by Gasteiger charge is -2.35. The molecular weight excluding hydrogens is 347 g/mol. The van der Waals surface area contributed by atoms with E-state index in [0.717, 1.165) is 10.5 Å². The quantitative estimate of drug-likeness (QED) is 0.592. The third kappa shape index (κ3) is 3.45. The van der Waals surface area contributed by atoms with E-state index in [4.69, 9.17) is 9.47 Å². The predicted molar refractivity (Wildman–Crippen MR) is 79.5 cm³/mol. The van der Waals surface area contributed by atoms with Crippen molar-refractivity contribution in [2.75, 3.05) is 20.8 Å². The van der Waals surface area contributed by atoms with Crippen LogP contribution in [0.2, 0.25) is 0 Å². The number of hydrogen-bond donors (Lipinski definition) is 0. The van der Waals surface area contributed by atoms with Gasteiger partial charge in [0.25, 0.3) is 0 Å². The summed E-state index contributed by atoms with van der Waals surface area (Å²) in [4.78, 5) is 2.59. The van der Waals surface area contributed by atoms with Crippen LogP contribution in [0.3, 0.4) is 0 Å².